The summed E-state index contributed by atoms with van der Waals surface area (Å²) in [6.45, 7) is 2.36. The molecule has 1 aromatic carbocycles. The van der Waals surface area contributed by atoms with Crippen molar-refractivity contribution in [2.24, 2.45) is 0 Å². The largest absolute Gasteiger partial charge is 0.478 e. The maximum absolute atomic E-state index is 11.8. The Hall–Kier alpha value is -2.62. The van der Waals surface area contributed by atoms with E-state index in [1.807, 2.05) is 37.3 Å². The quantitative estimate of drug-likeness (QED) is 0.866. The zero-order chi connectivity index (χ0) is 14.5. The Morgan fingerprint density at radius 1 is 1.25 bits per heavy atom. The van der Waals surface area contributed by atoms with Crippen molar-refractivity contribution < 1.29 is 9.90 Å². The molecular formula is C16H15NO3. The average Bonchev–Trinajstić information content (AvgIpc) is 2.41. The number of carbonyl (C=O) groups is 1. The fourth-order valence-corrected chi connectivity index (χ4v) is 1.97. The minimum absolute atomic E-state index is 0.0449. The summed E-state index contributed by atoms with van der Waals surface area (Å²) in [7, 11) is 0. The topological polar surface area (TPSA) is 59.3 Å². The molecule has 0 spiro atoms. The zero-order valence-corrected chi connectivity index (χ0v) is 11.1. The Kier molecular flexibility index (Phi) is 4.15. The van der Waals surface area contributed by atoms with Crippen molar-refractivity contribution in [1.82, 2.24) is 4.57 Å². The highest BCUT2D eigenvalue weighted by molar-refractivity contribution is 5.85. The third kappa shape index (κ3) is 3.45. The highest BCUT2D eigenvalue weighted by Gasteiger charge is 2.01. The van der Waals surface area contributed by atoms with Gasteiger partial charge in [0.05, 0.1) is 6.54 Å². The van der Waals surface area contributed by atoms with Crippen LogP contribution in [0.15, 0.2) is 53.3 Å². The molecule has 20 heavy (non-hydrogen) atoms. The second-order valence-corrected chi connectivity index (χ2v) is 4.51. The number of benzene rings is 1. The van der Waals surface area contributed by atoms with E-state index in [4.69, 9.17) is 5.11 Å². The van der Waals surface area contributed by atoms with Crippen molar-refractivity contribution in [2.45, 2.75) is 13.5 Å². The minimum Gasteiger partial charge on any atom is -0.478 e. The number of aromatic nitrogens is 1. The van der Waals surface area contributed by atoms with E-state index in [1.54, 1.807) is 10.6 Å². The van der Waals surface area contributed by atoms with E-state index in [0.717, 1.165) is 22.9 Å². The van der Waals surface area contributed by atoms with Crippen LogP contribution < -0.4 is 5.56 Å². The maximum atomic E-state index is 11.8. The zero-order valence-electron chi connectivity index (χ0n) is 11.1. The maximum Gasteiger partial charge on any atom is 0.328 e. The molecule has 1 aromatic heterocycles. The summed E-state index contributed by atoms with van der Waals surface area (Å²) in [6.07, 6.45) is 2.63. The van der Waals surface area contributed by atoms with Crippen LogP contribution in [0.2, 0.25) is 0 Å². The second kappa shape index (κ2) is 6.02. The Labute approximate surface area is 116 Å². The third-order valence-corrected chi connectivity index (χ3v) is 2.98. The summed E-state index contributed by atoms with van der Waals surface area (Å²) in [4.78, 5) is 22.3. The molecule has 4 nitrogen and oxygen atoms in total. The first-order chi connectivity index (χ1) is 9.56. The lowest BCUT2D eigenvalue weighted by atomic mass is 10.1. The monoisotopic (exact) mass is 269 g/mol. The van der Waals surface area contributed by atoms with Crippen molar-refractivity contribution in [3.63, 3.8) is 0 Å². The van der Waals surface area contributed by atoms with Gasteiger partial charge in [-0.15, -0.1) is 0 Å². The molecule has 2 rings (SSSR count). The van der Waals surface area contributed by atoms with Gasteiger partial charge in [0.2, 0.25) is 0 Å². The van der Waals surface area contributed by atoms with Crippen LogP contribution in [-0.4, -0.2) is 15.6 Å². The van der Waals surface area contributed by atoms with E-state index in [0.29, 0.717) is 6.54 Å². The molecule has 0 saturated heterocycles. The Balaban J connectivity index is 2.28. The van der Waals surface area contributed by atoms with Gasteiger partial charge in [-0.2, -0.15) is 0 Å². The summed E-state index contributed by atoms with van der Waals surface area (Å²) in [5, 5.41) is 8.62. The van der Waals surface area contributed by atoms with E-state index in [-0.39, 0.29) is 5.56 Å². The van der Waals surface area contributed by atoms with Gasteiger partial charge in [0, 0.05) is 17.8 Å². The Morgan fingerprint density at radius 2 is 2.00 bits per heavy atom. The lowest BCUT2D eigenvalue weighted by Gasteiger charge is -2.09. The van der Waals surface area contributed by atoms with Crippen LogP contribution in [-0.2, 0) is 11.3 Å². The third-order valence-electron chi connectivity index (χ3n) is 2.98. The van der Waals surface area contributed by atoms with Gasteiger partial charge in [-0.05, 0) is 36.3 Å². The molecule has 0 aliphatic carbocycles. The molecule has 0 unspecified atom stereocenters. The van der Waals surface area contributed by atoms with Crippen molar-refractivity contribution in [1.29, 1.82) is 0 Å². The first-order valence-corrected chi connectivity index (χ1v) is 6.22. The number of aryl methyl sites for hydroxylation is 1. The smallest absolute Gasteiger partial charge is 0.328 e. The molecule has 0 aliphatic heterocycles. The number of rotatable bonds is 4. The van der Waals surface area contributed by atoms with E-state index in [9.17, 15) is 9.59 Å². The van der Waals surface area contributed by atoms with E-state index in [2.05, 4.69) is 0 Å². The lowest BCUT2D eigenvalue weighted by molar-refractivity contribution is -0.131. The summed E-state index contributed by atoms with van der Waals surface area (Å²) in [5.74, 6) is -0.981. The van der Waals surface area contributed by atoms with Gasteiger partial charge in [0.15, 0.2) is 0 Å². The number of nitrogens with zero attached hydrogens (tertiary/aromatic N) is 1. The van der Waals surface area contributed by atoms with Crippen LogP contribution in [0.3, 0.4) is 0 Å². The van der Waals surface area contributed by atoms with Gasteiger partial charge < -0.3 is 9.67 Å². The average molecular weight is 269 g/mol. The van der Waals surface area contributed by atoms with Gasteiger partial charge in [-0.1, -0.05) is 24.3 Å². The van der Waals surface area contributed by atoms with Gasteiger partial charge >= 0.3 is 5.97 Å². The predicted molar refractivity (Wildman–Crippen MR) is 77.7 cm³/mol. The van der Waals surface area contributed by atoms with Gasteiger partial charge in [0.25, 0.3) is 5.56 Å². The highest BCUT2D eigenvalue weighted by atomic mass is 16.4. The minimum atomic E-state index is -0.981. The predicted octanol–water partition coefficient (Wildman–Crippen LogP) is 2.30. The van der Waals surface area contributed by atoms with Gasteiger partial charge in [-0.25, -0.2) is 4.79 Å². The van der Waals surface area contributed by atoms with Crippen LogP contribution in [0.1, 0.15) is 16.8 Å². The van der Waals surface area contributed by atoms with Gasteiger partial charge in [-0.3, -0.25) is 4.79 Å². The lowest BCUT2D eigenvalue weighted by Crippen LogP contribution is -2.21. The fourth-order valence-electron chi connectivity index (χ4n) is 1.97. The molecule has 1 N–H and O–H groups in total. The number of aliphatic carboxylic acids is 1. The van der Waals surface area contributed by atoms with Crippen molar-refractivity contribution in [2.75, 3.05) is 0 Å². The van der Waals surface area contributed by atoms with Crippen LogP contribution in [0.5, 0.6) is 0 Å². The molecule has 2 aromatic rings. The number of carboxylic acids is 1. The molecule has 0 bridgehead atoms. The summed E-state index contributed by atoms with van der Waals surface area (Å²) >= 11 is 0. The van der Waals surface area contributed by atoms with Crippen LogP contribution in [0.4, 0.5) is 0 Å². The van der Waals surface area contributed by atoms with Crippen molar-refractivity contribution in [3.05, 3.63) is 75.7 Å². The number of carboxylic acid groups (broad SMARTS) is 1. The SMILES string of the molecule is Cc1cccc(=O)n1Cc1cccc(C=CC(=O)O)c1. The van der Waals surface area contributed by atoms with E-state index < -0.39 is 5.97 Å². The molecule has 0 saturated carbocycles. The Bertz CT molecular complexity index is 714. The summed E-state index contributed by atoms with van der Waals surface area (Å²) in [6, 6.07) is 12.6. The van der Waals surface area contributed by atoms with Crippen molar-refractivity contribution >= 4 is 12.0 Å². The molecule has 0 fully saturated rings. The number of pyridine rings is 1. The molecule has 0 radical (unpaired) electrons. The van der Waals surface area contributed by atoms with E-state index >= 15 is 0 Å². The molecule has 1 heterocycles. The molecular weight excluding hydrogens is 254 g/mol. The molecule has 102 valence electrons. The first kappa shape index (κ1) is 13.8. The Morgan fingerprint density at radius 3 is 2.70 bits per heavy atom. The van der Waals surface area contributed by atoms with Gasteiger partial charge in [0.1, 0.15) is 0 Å². The normalized spacial score (nSPS) is 10.8. The number of hydrogen-bond acceptors (Lipinski definition) is 2. The van der Waals surface area contributed by atoms with Crippen molar-refractivity contribution in [3.8, 4) is 0 Å². The fraction of sp³-hybridized carbons (Fsp3) is 0.125. The summed E-state index contributed by atoms with van der Waals surface area (Å²) in [5.41, 5.74) is 2.60. The number of hydrogen-bond donors (Lipinski definition) is 1. The molecule has 0 atom stereocenters. The molecule has 4 heteroatoms. The molecule has 0 amide bonds. The molecule has 0 aliphatic rings. The summed E-state index contributed by atoms with van der Waals surface area (Å²) < 4.78 is 1.68. The second-order valence-electron chi connectivity index (χ2n) is 4.51. The van der Waals surface area contributed by atoms with E-state index in [1.165, 1.54) is 12.1 Å². The standard InChI is InChI=1S/C16H15NO3/c1-12-4-2-7-15(18)17(12)11-14-6-3-5-13(10-14)8-9-16(19)20/h2-10H,11H2,1H3,(H,19,20). The first-order valence-electron chi connectivity index (χ1n) is 6.22. The van der Waals surface area contributed by atoms with Crippen LogP contribution in [0.25, 0.3) is 6.08 Å². The highest BCUT2D eigenvalue weighted by Crippen LogP contribution is 2.09. The van der Waals surface area contributed by atoms with Crippen LogP contribution in [0, 0.1) is 6.92 Å². The van der Waals surface area contributed by atoms with Crippen LogP contribution >= 0.6 is 0 Å².